The quantitative estimate of drug-likeness (QED) is 0.0805. The second-order valence-corrected chi connectivity index (χ2v) is 8.67. The second-order valence-electron chi connectivity index (χ2n) is 7.87. The summed E-state index contributed by atoms with van der Waals surface area (Å²) in [6.07, 6.45) is 4.91. The van der Waals surface area contributed by atoms with Crippen molar-refractivity contribution in [3.8, 4) is 0 Å². The summed E-state index contributed by atoms with van der Waals surface area (Å²) in [5.74, 6) is 0. The number of halogens is 1. The van der Waals surface area contributed by atoms with Crippen LogP contribution in [0.25, 0.3) is 0 Å². The normalized spacial score (nSPS) is 11.5. The molecule has 11 heteroatoms. The average Bonchev–Trinajstić information content (AvgIpc) is 2.91. The van der Waals surface area contributed by atoms with Gasteiger partial charge in [0.1, 0.15) is 0 Å². The van der Waals surface area contributed by atoms with Gasteiger partial charge in [-0.1, -0.05) is 42.1 Å². The number of hydrogen-bond donors (Lipinski definition) is 0. The van der Waals surface area contributed by atoms with Gasteiger partial charge in [0.05, 0.1) is 126 Å². The van der Waals surface area contributed by atoms with E-state index in [0.29, 0.717) is 126 Å². The van der Waals surface area contributed by atoms with Gasteiger partial charge in [-0.05, 0) is 6.42 Å². The first-order valence-electron chi connectivity index (χ1n) is 13.7. The summed E-state index contributed by atoms with van der Waals surface area (Å²) >= 11 is 3.30. The zero-order chi connectivity index (χ0) is 26.7. The van der Waals surface area contributed by atoms with E-state index in [1.54, 1.807) is 0 Å². The van der Waals surface area contributed by atoms with Crippen LogP contribution in [0.15, 0.2) is 0 Å². The summed E-state index contributed by atoms with van der Waals surface area (Å²) < 4.78 is 54.4. The molecule has 0 aromatic carbocycles. The van der Waals surface area contributed by atoms with Crippen LogP contribution < -0.4 is 0 Å². The Morgan fingerprint density at radius 2 is 0.541 bits per heavy atom. The smallest absolute Gasteiger partial charge is 0.0701 e. The molecular weight excluding hydrogens is 552 g/mol. The summed E-state index contributed by atoms with van der Waals surface area (Å²) in [6.45, 7) is 13.8. The lowest BCUT2D eigenvalue weighted by Crippen LogP contribution is -2.15. The Morgan fingerprint density at radius 3 is 0.784 bits per heavy atom. The van der Waals surface area contributed by atoms with E-state index >= 15 is 0 Å². The zero-order valence-electron chi connectivity index (χ0n) is 23.1. The Labute approximate surface area is 233 Å². The van der Waals surface area contributed by atoms with Crippen LogP contribution in [-0.2, 0) is 47.4 Å². The van der Waals surface area contributed by atoms with Crippen LogP contribution >= 0.6 is 15.9 Å². The molecule has 0 heterocycles. The first kappa shape index (κ1) is 37.1. The molecule has 0 aliphatic carbocycles. The number of rotatable bonds is 34. The van der Waals surface area contributed by atoms with Gasteiger partial charge in [-0.2, -0.15) is 0 Å². The monoisotopic (exact) mass is 604 g/mol. The maximum atomic E-state index is 5.52. The summed E-state index contributed by atoms with van der Waals surface area (Å²) in [5.41, 5.74) is 0. The predicted octanol–water partition coefficient (Wildman–Crippen LogP) is 3.13. The largest absolute Gasteiger partial charge is 0.379 e. The lowest BCUT2D eigenvalue weighted by molar-refractivity contribution is -0.0262. The summed E-state index contributed by atoms with van der Waals surface area (Å²) in [4.78, 5) is 0. The van der Waals surface area contributed by atoms with Crippen molar-refractivity contribution in [1.29, 1.82) is 0 Å². The Balaban J connectivity index is 3.00. The topological polar surface area (TPSA) is 92.3 Å². The number of alkyl halides is 1. The minimum Gasteiger partial charge on any atom is -0.379 e. The molecular formula is C26H53BrO10. The highest BCUT2D eigenvalue weighted by Crippen LogP contribution is 1.98. The molecule has 224 valence electrons. The van der Waals surface area contributed by atoms with Gasteiger partial charge in [-0.25, -0.2) is 0 Å². The highest BCUT2D eigenvalue weighted by molar-refractivity contribution is 9.09. The van der Waals surface area contributed by atoms with E-state index in [2.05, 4.69) is 22.9 Å². The molecule has 0 N–H and O–H groups in total. The van der Waals surface area contributed by atoms with Crippen molar-refractivity contribution in [2.45, 2.75) is 32.6 Å². The van der Waals surface area contributed by atoms with Crippen molar-refractivity contribution in [3.05, 3.63) is 0 Å². The van der Waals surface area contributed by atoms with E-state index in [1.165, 1.54) is 19.3 Å². The summed E-state index contributed by atoms with van der Waals surface area (Å²) in [7, 11) is 0. The molecule has 0 aromatic rings. The van der Waals surface area contributed by atoms with Crippen molar-refractivity contribution in [3.63, 3.8) is 0 Å². The van der Waals surface area contributed by atoms with Crippen molar-refractivity contribution in [1.82, 2.24) is 0 Å². The third-order valence-corrected chi connectivity index (χ3v) is 5.04. The van der Waals surface area contributed by atoms with Crippen molar-refractivity contribution in [2.75, 3.05) is 137 Å². The lowest BCUT2D eigenvalue weighted by atomic mass is 10.2. The molecule has 0 saturated carbocycles. The molecule has 10 nitrogen and oxygen atoms in total. The SMILES string of the molecule is CCCCCCOCCOCCOCCOCCOCCOCCOCCOCCOCCOCCBr. The van der Waals surface area contributed by atoms with Crippen LogP contribution in [0.2, 0.25) is 0 Å². The van der Waals surface area contributed by atoms with E-state index in [1.807, 2.05) is 0 Å². The van der Waals surface area contributed by atoms with Crippen molar-refractivity contribution >= 4 is 15.9 Å². The molecule has 0 aliphatic rings. The minimum absolute atomic E-state index is 0.531. The number of hydrogen-bond acceptors (Lipinski definition) is 10. The molecule has 0 aliphatic heterocycles. The summed E-state index contributed by atoms with van der Waals surface area (Å²) in [6, 6.07) is 0. The van der Waals surface area contributed by atoms with Gasteiger partial charge >= 0.3 is 0 Å². The third kappa shape index (κ3) is 36.1. The molecule has 0 radical (unpaired) electrons. The maximum absolute atomic E-state index is 5.52. The summed E-state index contributed by atoms with van der Waals surface area (Å²) in [5, 5.41) is 0.843. The predicted molar refractivity (Wildman–Crippen MR) is 146 cm³/mol. The second kappa shape index (κ2) is 36.1. The molecule has 0 atom stereocenters. The van der Waals surface area contributed by atoms with E-state index in [0.717, 1.165) is 18.4 Å². The Kier molecular flexibility index (Phi) is 36.2. The Hall–Kier alpha value is 0.0800. The fourth-order valence-corrected chi connectivity index (χ4v) is 3.00. The van der Waals surface area contributed by atoms with Gasteiger partial charge in [-0.3, -0.25) is 0 Å². The van der Waals surface area contributed by atoms with Gasteiger partial charge in [-0.15, -0.1) is 0 Å². The molecule has 0 spiro atoms. The van der Waals surface area contributed by atoms with Crippen LogP contribution in [0.5, 0.6) is 0 Å². The molecule has 37 heavy (non-hydrogen) atoms. The third-order valence-electron chi connectivity index (χ3n) is 4.71. The first-order valence-corrected chi connectivity index (χ1v) is 14.9. The molecule has 0 fully saturated rings. The lowest BCUT2D eigenvalue weighted by Gasteiger charge is -2.09. The fraction of sp³-hybridized carbons (Fsp3) is 1.00. The van der Waals surface area contributed by atoms with Gasteiger partial charge in [0.15, 0.2) is 0 Å². The van der Waals surface area contributed by atoms with Crippen molar-refractivity contribution < 1.29 is 47.4 Å². The first-order chi connectivity index (χ1) is 18.4. The molecule has 0 saturated heterocycles. The zero-order valence-corrected chi connectivity index (χ0v) is 24.7. The van der Waals surface area contributed by atoms with Gasteiger partial charge in [0.2, 0.25) is 0 Å². The standard InChI is InChI=1S/C26H53BrO10/c1-2-3-4-5-7-28-9-11-30-13-15-32-17-19-34-21-23-36-25-26-37-24-22-35-20-18-33-16-14-31-12-10-29-8-6-27/h2-26H2,1H3. The highest BCUT2D eigenvalue weighted by atomic mass is 79.9. The molecule has 0 aromatic heterocycles. The molecule has 0 unspecified atom stereocenters. The van der Waals surface area contributed by atoms with Crippen LogP contribution in [0, 0.1) is 0 Å². The van der Waals surface area contributed by atoms with E-state index in [4.69, 9.17) is 47.4 Å². The Bertz CT molecular complexity index is 362. The van der Waals surface area contributed by atoms with Crippen molar-refractivity contribution in [2.24, 2.45) is 0 Å². The Morgan fingerprint density at radius 1 is 0.297 bits per heavy atom. The number of ether oxygens (including phenoxy) is 10. The number of unbranched alkanes of at least 4 members (excludes halogenated alkanes) is 3. The van der Waals surface area contributed by atoms with E-state index in [9.17, 15) is 0 Å². The average molecular weight is 606 g/mol. The van der Waals surface area contributed by atoms with Crippen LogP contribution in [0.3, 0.4) is 0 Å². The minimum atomic E-state index is 0.531. The highest BCUT2D eigenvalue weighted by Gasteiger charge is 1.96. The van der Waals surface area contributed by atoms with Gasteiger partial charge in [0.25, 0.3) is 0 Å². The maximum Gasteiger partial charge on any atom is 0.0701 e. The van der Waals surface area contributed by atoms with Crippen LogP contribution in [0.4, 0.5) is 0 Å². The van der Waals surface area contributed by atoms with E-state index in [-0.39, 0.29) is 0 Å². The molecule has 0 rings (SSSR count). The van der Waals surface area contributed by atoms with E-state index < -0.39 is 0 Å². The van der Waals surface area contributed by atoms with Gasteiger partial charge in [0, 0.05) is 11.9 Å². The van der Waals surface area contributed by atoms with Crippen LogP contribution in [-0.4, -0.2) is 137 Å². The fourth-order valence-electron chi connectivity index (χ4n) is 2.77. The molecule has 0 bridgehead atoms. The molecule has 0 amide bonds. The van der Waals surface area contributed by atoms with Crippen LogP contribution in [0.1, 0.15) is 32.6 Å². The van der Waals surface area contributed by atoms with Gasteiger partial charge < -0.3 is 47.4 Å².